The van der Waals surface area contributed by atoms with E-state index in [1.54, 1.807) is 13.8 Å². The molecule has 5 saturated carbocycles. The Bertz CT molecular complexity index is 1220. The molecular formula is C38H61NO8. The minimum absolute atomic E-state index is 0.0746. The number of esters is 1. The summed E-state index contributed by atoms with van der Waals surface area (Å²) in [7, 11) is 0. The Hall–Kier alpha value is -1.26. The number of carboxylic acids is 1. The third-order valence-electron chi connectivity index (χ3n) is 15.2. The van der Waals surface area contributed by atoms with E-state index in [0.717, 1.165) is 51.2 Å². The lowest BCUT2D eigenvalue weighted by Crippen LogP contribution is -2.56. The third kappa shape index (κ3) is 5.61. The number of aliphatic hydroxyl groups is 1. The Labute approximate surface area is 281 Å². The molecule has 12 atom stereocenters. The van der Waals surface area contributed by atoms with Gasteiger partial charge in [0.25, 0.3) is 0 Å². The lowest BCUT2D eigenvalue weighted by molar-refractivity contribution is -0.245. The van der Waals surface area contributed by atoms with Crippen LogP contribution in [0.25, 0.3) is 0 Å². The first-order valence-electron chi connectivity index (χ1n) is 18.9. The van der Waals surface area contributed by atoms with E-state index in [1.807, 2.05) is 0 Å². The van der Waals surface area contributed by atoms with Gasteiger partial charge in [-0.05, 0) is 136 Å². The number of hydrogen-bond acceptors (Lipinski definition) is 8. The molecule has 47 heavy (non-hydrogen) atoms. The fraction of sp³-hybridized carbons (Fsp3) is 0.947. The van der Waals surface area contributed by atoms with Gasteiger partial charge >= 0.3 is 11.9 Å². The zero-order valence-electron chi connectivity index (χ0n) is 29.8. The van der Waals surface area contributed by atoms with Gasteiger partial charge in [0.15, 0.2) is 12.4 Å². The average molecular weight is 660 g/mol. The van der Waals surface area contributed by atoms with Crippen molar-refractivity contribution < 1.29 is 38.7 Å². The van der Waals surface area contributed by atoms with Gasteiger partial charge in [-0.25, -0.2) is 0 Å². The summed E-state index contributed by atoms with van der Waals surface area (Å²) in [4.78, 5) is 25.3. The van der Waals surface area contributed by atoms with E-state index in [-0.39, 0.29) is 42.4 Å². The van der Waals surface area contributed by atoms with Crippen LogP contribution in [0, 0.1) is 45.3 Å². The van der Waals surface area contributed by atoms with E-state index < -0.39 is 17.7 Å². The van der Waals surface area contributed by atoms with Gasteiger partial charge in [0.1, 0.15) is 0 Å². The Morgan fingerprint density at radius 1 is 1.00 bits per heavy atom. The van der Waals surface area contributed by atoms with Crippen molar-refractivity contribution in [3.05, 3.63) is 0 Å². The summed E-state index contributed by atoms with van der Waals surface area (Å²) >= 11 is 0. The Morgan fingerprint density at radius 2 is 1.77 bits per heavy atom. The highest BCUT2D eigenvalue weighted by molar-refractivity contribution is 5.66. The summed E-state index contributed by atoms with van der Waals surface area (Å²) in [5, 5.41) is 19.9. The van der Waals surface area contributed by atoms with Crippen molar-refractivity contribution in [1.82, 2.24) is 4.90 Å². The maximum Gasteiger partial charge on any atom is 0.303 e. The van der Waals surface area contributed by atoms with E-state index in [9.17, 15) is 14.7 Å². The summed E-state index contributed by atoms with van der Waals surface area (Å²) < 4.78 is 25.5. The van der Waals surface area contributed by atoms with Gasteiger partial charge in [0.2, 0.25) is 0 Å². The van der Waals surface area contributed by atoms with Crippen LogP contribution in [0.2, 0.25) is 0 Å². The van der Waals surface area contributed by atoms with Gasteiger partial charge in [-0.15, -0.1) is 0 Å². The lowest BCUT2D eigenvalue weighted by atomic mass is 9.46. The monoisotopic (exact) mass is 659 g/mol. The van der Waals surface area contributed by atoms with Gasteiger partial charge in [-0.1, -0.05) is 20.8 Å². The summed E-state index contributed by atoms with van der Waals surface area (Å²) in [5.74, 6) is 1.51. The molecule has 0 aromatic carbocycles. The average Bonchev–Trinajstić information content (AvgIpc) is 3.56. The largest absolute Gasteiger partial charge is 0.481 e. The fourth-order valence-electron chi connectivity index (χ4n) is 13.2. The van der Waals surface area contributed by atoms with Crippen molar-refractivity contribution in [3.63, 3.8) is 0 Å². The first-order chi connectivity index (χ1) is 22.1. The maximum atomic E-state index is 12.0. The zero-order valence-corrected chi connectivity index (χ0v) is 29.8. The number of carbonyl (C=O) groups is 2. The van der Waals surface area contributed by atoms with Crippen LogP contribution in [-0.4, -0.2) is 89.6 Å². The normalized spacial score (nSPS) is 46.2. The number of carbonyl (C=O) groups excluding carboxylic acids is 1. The van der Waals surface area contributed by atoms with E-state index in [1.165, 1.54) is 45.4 Å². The molecule has 266 valence electrons. The predicted octanol–water partition coefficient (Wildman–Crippen LogP) is 5.80. The van der Waals surface area contributed by atoms with Crippen LogP contribution in [0.15, 0.2) is 0 Å². The first-order valence-corrected chi connectivity index (χ1v) is 18.9. The number of fused-ring (bicyclic) bond motifs is 4. The standard InChI is InChI=1S/C38H61NO8/c1-23(40)45-33(35(4,5)43)27-11-9-25-28(46-27)20-26-24-10-12-29-34(2,3)30(13-14-38(29)22-37(24,38)16-15-36(25,26)6)47-32-21-39(18-19-44-32)17-7-8-31(41)42/h24-30,32-33,43H,7-22H2,1-6H3,(H,41,42)/t24?,25?,26?,27?,28?,29?,30-,32?,33-,36?,37-,38?/m0/s1. The predicted molar refractivity (Wildman–Crippen MR) is 175 cm³/mol. The van der Waals surface area contributed by atoms with Crippen molar-refractivity contribution >= 4 is 11.9 Å². The molecule has 5 aliphatic carbocycles. The quantitative estimate of drug-likeness (QED) is 0.296. The molecule has 7 aliphatic rings. The first kappa shape index (κ1) is 34.2. The van der Waals surface area contributed by atoms with E-state index in [2.05, 4.69) is 25.7 Å². The SMILES string of the molecule is CC(=O)O[C@@H](C1CCC2C(CC3C4CCC5C(C)(C)[C@@H](OC6CN(CCCC(=O)O)CCO6)CCC56C[C@@]46CCC23C)O1)C(C)(C)O. The molecule has 0 amide bonds. The van der Waals surface area contributed by atoms with Crippen LogP contribution in [0.5, 0.6) is 0 Å². The lowest BCUT2D eigenvalue weighted by Gasteiger charge is -2.60. The molecule has 9 heteroatoms. The number of carboxylic acid groups (broad SMARTS) is 1. The number of aliphatic carboxylic acids is 1. The molecule has 0 bridgehead atoms. The Kier molecular flexibility index (Phi) is 8.67. The molecule has 2 spiro atoms. The van der Waals surface area contributed by atoms with Crippen LogP contribution in [0.4, 0.5) is 0 Å². The van der Waals surface area contributed by atoms with Gasteiger partial charge < -0.3 is 29.2 Å². The molecule has 2 heterocycles. The number of nitrogens with zero attached hydrogens (tertiary/aromatic N) is 1. The van der Waals surface area contributed by atoms with E-state index in [4.69, 9.17) is 24.1 Å². The Morgan fingerprint density at radius 3 is 2.49 bits per heavy atom. The molecule has 2 saturated heterocycles. The second-order valence-corrected chi connectivity index (χ2v) is 18.2. The van der Waals surface area contributed by atoms with Crippen LogP contribution in [0.3, 0.4) is 0 Å². The van der Waals surface area contributed by atoms with E-state index >= 15 is 0 Å². The summed E-state index contributed by atoms with van der Waals surface area (Å²) in [6, 6.07) is 0. The third-order valence-corrected chi connectivity index (χ3v) is 15.2. The number of hydrogen-bond donors (Lipinski definition) is 2. The minimum Gasteiger partial charge on any atom is -0.481 e. The second-order valence-electron chi connectivity index (χ2n) is 18.2. The zero-order chi connectivity index (χ0) is 33.6. The molecule has 0 radical (unpaired) electrons. The molecule has 2 N–H and O–H groups in total. The summed E-state index contributed by atoms with van der Waals surface area (Å²) in [6.45, 7) is 15.3. The highest BCUT2D eigenvalue weighted by atomic mass is 16.7. The van der Waals surface area contributed by atoms with Gasteiger partial charge in [0.05, 0.1) is 30.5 Å². The number of morpholine rings is 1. The molecule has 7 rings (SSSR count). The van der Waals surface area contributed by atoms with Gasteiger partial charge in [-0.2, -0.15) is 0 Å². The highest BCUT2D eigenvalue weighted by Crippen LogP contribution is 2.87. The molecule has 9 nitrogen and oxygen atoms in total. The van der Waals surface area contributed by atoms with Gasteiger partial charge in [-0.3, -0.25) is 14.5 Å². The van der Waals surface area contributed by atoms with Crippen LogP contribution < -0.4 is 0 Å². The van der Waals surface area contributed by atoms with Crippen LogP contribution >= 0.6 is 0 Å². The summed E-state index contributed by atoms with van der Waals surface area (Å²) in [5.41, 5.74) is 0.0882. The molecule has 7 fully saturated rings. The van der Waals surface area contributed by atoms with Crippen molar-refractivity contribution in [2.75, 3.05) is 26.2 Å². The number of rotatable bonds is 9. The molecule has 0 aromatic heterocycles. The number of ether oxygens (including phenoxy) is 4. The molecule has 0 aromatic rings. The Balaban J connectivity index is 1.02. The fourth-order valence-corrected chi connectivity index (χ4v) is 13.2. The minimum atomic E-state index is -1.15. The smallest absolute Gasteiger partial charge is 0.303 e. The summed E-state index contributed by atoms with van der Waals surface area (Å²) in [6.07, 6.45) is 12.0. The van der Waals surface area contributed by atoms with Crippen LogP contribution in [-0.2, 0) is 28.5 Å². The second kappa shape index (κ2) is 11.9. The molecule has 2 aliphatic heterocycles. The topological polar surface area (TPSA) is 115 Å². The van der Waals surface area contributed by atoms with Crippen molar-refractivity contribution in [2.24, 2.45) is 45.3 Å². The van der Waals surface area contributed by atoms with Crippen molar-refractivity contribution in [3.8, 4) is 0 Å². The maximum absolute atomic E-state index is 12.0. The van der Waals surface area contributed by atoms with Gasteiger partial charge in [0, 0.05) is 26.4 Å². The van der Waals surface area contributed by atoms with Crippen LogP contribution in [0.1, 0.15) is 119 Å². The molecular weight excluding hydrogens is 598 g/mol. The van der Waals surface area contributed by atoms with Crippen molar-refractivity contribution in [1.29, 1.82) is 0 Å². The van der Waals surface area contributed by atoms with E-state index in [0.29, 0.717) is 47.0 Å². The highest BCUT2D eigenvalue weighted by Gasteiger charge is 2.80. The van der Waals surface area contributed by atoms with Crippen molar-refractivity contribution in [2.45, 2.75) is 155 Å². The molecule has 9 unspecified atom stereocenters.